The highest BCUT2D eigenvalue weighted by molar-refractivity contribution is 5.94. The third-order valence-electron chi connectivity index (χ3n) is 3.86. The Hall–Kier alpha value is -2.14. The summed E-state index contributed by atoms with van der Waals surface area (Å²) in [6.07, 6.45) is 0.693. The second-order valence-corrected chi connectivity index (χ2v) is 6.11. The lowest BCUT2D eigenvalue weighted by molar-refractivity contribution is 0.0945. The van der Waals surface area contributed by atoms with E-state index in [-0.39, 0.29) is 18.4 Å². The zero-order valence-electron chi connectivity index (χ0n) is 14.0. The summed E-state index contributed by atoms with van der Waals surface area (Å²) in [5, 5.41) is 16.3. The molecule has 5 nitrogen and oxygen atoms in total. The van der Waals surface area contributed by atoms with E-state index in [2.05, 4.69) is 10.4 Å². The molecule has 1 heterocycles. The van der Waals surface area contributed by atoms with Crippen LogP contribution >= 0.6 is 0 Å². The van der Waals surface area contributed by atoms with Crippen molar-refractivity contribution in [2.24, 2.45) is 5.92 Å². The molecule has 0 fully saturated rings. The molecule has 0 bridgehead atoms. The number of rotatable bonds is 7. The quantitative estimate of drug-likeness (QED) is 0.824. The van der Waals surface area contributed by atoms with Gasteiger partial charge in [-0.3, -0.25) is 9.48 Å². The molecule has 23 heavy (non-hydrogen) atoms. The molecular formula is C18H25N3O2. The molecule has 2 rings (SSSR count). The van der Waals surface area contributed by atoms with Gasteiger partial charge in [0.1, 0.15) is 0 Å². The Balaban J connectivity index is 2.01. The number of benzene rings is 1. The number of carbonyl (C=O) groups is 1. The van der Waals surface area contributed by atoms with E-state index in [1.54, 1.807) is 0 Å². The molecule has 1 atom stereocenters. The molecule has 0 radical (unpaired) electrons. The highest BCUT2D eigenvalue weighted by atomic mass is 16.3. The molecule has 5 heteroatoms. The normalized spacial score (nSPS) is 12.2. The Morgan fingerprint density at radius 1 is 1.35 bits per heavy atom. The molecule has 1 aromatic heterocycles. The first kappa shape index (κ1) is 17.2. The topological polar surface area (TPSA) is 67.2 Å². The van der Waals surface area contributed by atoms with Gasteiger partial charge in [-0.1, -0.05) is 19.1 Å². The van der Waals surface area contributed by atoms with Crippen LogP contribution in [0, 0.1) is 19.8 Å². The number of aliphatic hydroxyl groups is 1. The van der Waals surface area contributed by atoms with Crippen LogP contribution in [0.2, 0.25) is 0 Å². The number of aryl methyl sites for hydroxylation is 2. The summed E-state index contributed by atoms with van der Waals surface area (Å²) < 4.78 is 1.94. The fourth-order valence-electron chi connectivity index (χ4n) is 2.51. The number of nitrogens with zero attached hydrogens (tertiary/aromatic N) is 2. The van der Waals surface area contributed by atoms with Crippen LogP contribution in [0.15, 0.2) is 30.3 Å². The Kier molecular flexibility index (Phi) is 5.93. The van der Waals surface area contributed by atoms with Gasteiger partial charge in [0.15, 0.2) is 0 Å². The molecule has 0 aliphatic rings. The first-order valence-corrected chi connectivity index (χ1v) is 7.98. The van der Waals surface area contributed by atoms with Crippen molar-refractivity contribution in [2.75, 3.05) is 13.2 Å². The first-order valence-electron chi connectivity index (χ1n) is 7.98. The number of nitrogens with one attached hydrogen (secondary N) is 1. The molecule has 2 N–H and O–H groups in total. The fraction of sp³-hybridized carbons (Fsp3) is 0.444. The summed E-state index contributed by atoms with van der Waals surface area (Å²) in [7, 11) is 0. The summed E-state index contributed by atoms with van der Waals surface area (Å²) in [6.45, 7) is 7.38. The van der Waals surface area contributed by atoms with Crippen molar-refractivity contribution in [3.63, 3.8) is 0 Å². The van der Waals surface area contributed by atoms with Gasteiger partial charge in [-0.2, -0.15) is 5.10 Å². The molecule has 1 aromatic carbocycles. The van der Waals surface area contributed by atoms with Gasteiger partial charge in [-0.15, -0.1) is 0 Å². The van der Waals surface area contributed by atoms with Crippen LogP contribution in [0.3, 0.4) is 0 Å². The third kappa shape index (κ3) is 4.93. The van der Waals surface area contributed by atoms with E-state index in [4.69, 9.17) is 5.11 Å². The van der Waals surface area contributed by atoms with Crippen LogP contribution in [0.4, 0.5) is 0 Å². The number of aliphatic hydroxyl groups excluding tert-OH is 1. The van der Waals surface area contributed by atoms with Gasteiger partial charge in [-0.05, 0) is 49.9 Å². The highest BCUT2D eigenvalue weighted by Crippen LogP contribution is 2.10. The van der Waals surface area contributed by atoms with E-state index in [9.17, 15) is 4.79 Å². The zero-order valence-corrected chi connectivity index (χ0v) is 14.0. The third-order valence-corrected chi connectivity index (χ3v) is 3.86. The van der Waals surface area contributed by atoms with Gasteiger partial charge in [-0.25, -0.2) is 0 Å². The smallest absolute Gasteiger partial charge is 0.251 e. The molecule has 1 unspecified atom stereocenters. The Morgan fingerprint density at radius 3 is 2.78 bits per heavy atom. The van der Waals surface area contributed by atoms with Crippen LogP contribution in [0.25, 0.3) is 0 Å². The summed E-state index contributed by atoms with van der Waals surface area (Å²) in [4.78, 5) is 12.2. The van der Waals surface area contributed by atoms with Gasteiger partial charge in [0.2, 0.25) is 0 Å². The van der Waals surface area contributed by atoms with Crippen molar-refractivity contribution in [1.29, 1.82) is 0 Å². The minimum atomic E-state index is -0.0787. The SMILES string of the molecule is Cc1cc(C)n(Cc2cccc(C(=O)NCC(C)CCO)c2)n1. The molecule has 2 aromatic rings. The molecular weight excluding hydrogens is 290 g/mol. The van der Waals surface area contributed by atoms with E-state index < -0.39 is 0 Å². The van der Waals surface area contributed by atoms with Crippen LogP contribution in [-0.2, 0) is 6.54 Å². The van der Waals surface area contributed by atoms with Gasteiger partial charge in [0, 0.05) is 24.4 Å². The first-order chi connectivity index (χ1) is 11.0. The number of aromatic nitrogens is 2. The Morgan fingerprint density at radius 2 is 2.13 bits per heavy atom. The second kappa shape index (κ2) is 7.92. The summed E-state index contributed by atoms with van der Waals surface area (Å²) in [5.74, 6) is 0.187. The van der Waals surface area contributed by atoms with E-state index in [0.717, 1.165) is 17.0 Å². The summed E-state index contributed by atoms with van der Waals surface area (Å²) in [5.41, 5.74) is 3.80. The van der Waals surface area contributed by atoms with E-state index in [0.29, 0.717) is 25.1 Å². The Bertz CT molecular complexity index is 664. The molecule has 0 saturated carbocycles. The zero-order chi connectivity index (χ0) is 16.8. The highest BCUT2D eigenvalue weighted by Gasteiger charge is 2.09. The molecule has 0 spiro atoms. The van der Waals surface area contributed by atoms with Crippen LogP contribution in [0.5, 0.6) is 0 Å². The van der Waals surface area contributed by atoms with Crippen molar-refractivity contribution >= 4 is 5.91 Å². The van der Waals surface area contributed by atoms with Crippen LogP contribution < -0.4 is 5.32 Å². The van der Waals surface area contributed by atoms with Crippen molar-refractivity contribution in [3.8, 4) is 0 Å². The summed E-state index contributed by atoms with van der Waals surface area (Å²) in [6, 6.07) is 9.66. The van der Waals surface area contributed by atoms with E-state index in [1.165, 1.54) is 0 Å². The minimum absolute atomic E-state index is 0.0787. The lowest BCUT2D eigenvalue weighted by Gasteiger charge is -2.12. The molecule has 124 valence electrons. The molecule has 0 aliphatic carbocycles. The minimum Gasteiger partial charge on any atom is -0.396 e. The van der Waals surface area contributed by atoms with E-state index in [1.807, 2.05) is 55.8 Å². The number of carbonyl (C=O) groups excluding carboxylic acids is 1. The summed E-state index contributed by atoms with van der Waals surface area (Å²) >= 11 is 0. The average molecular weight is 315 g/mol. The van der Waals surface area contributed by atoms with Crippen LogP contribution in [0.1, 0.15) is 40.7 Å². The Labute approximate surface area is 137 Å². The maximum atomic E-state index is 12.2. The van der Waals surface area contributed by atoms with Crippen molar-refractivity contribution in [3.05, 3.63) is 52.8 Å². The standard InChI is InChI=1S/C18H25N3O2/c1-13(7-8-22)11-19-18(23)17-6-4-5-16(10-17)12-21-15(3)9-14(2)20-21/h4-6,9-10,13,22H,7-8,11-12H2,1-3H3,(H,19,23). The van der Waals surface area contributed by atoms with Gasteiger partial charge >= 0.3 is 0 Å². The van der Waals surface area contributed by atoms with Crippen molar-refractivity contribution < 1.29 is 9.90 Å². The average Bonchev–Trinajstić information content (AvgIpc) is 2.83. The van der Waals surface area contributed by atoms with Crippen molar-refractivity contribution in [2.45, 2.75) is 33.7 Å². The maximum Gasteiger partial charge on any atom is 0.251 e. The second-order valence-electron chi connectivity index (χ2n) is 6.11. The van der Waals surface area contributed by atoms with Crippen LogP contribution in [-0.4, -0.2) is 33.9 Å². The van der Waals surface area contributed by atoms with Gasteiger partial charge in [0.25, 0.3) is 5.91 Å². The largest absolute Gasteiger partial charge is 0.396 e. The monoisotopic (exact) mass is 315 g/mol. The molecule has 0 saturated heterocycles. The number of hydrogen-bond acceptors (Lipinski definition) is 3. The number of amides is 1. The lowest BCUT2D eigenvalue weighted by Crippen LogP contribution is -2.28. The number of hydrogen-bond donors (Lipinski definition) is 2. The predicted octanol–water partition coefficient (Wildman–Crippen LogP) is 2.30. The molecule has 0 aliphatic heterocycles. The molecule has 1 amide bonds. The lowest BCUT2D eigenvalue weighted by atomic mass is 10.1. The van der Waals surface area contributed by atoms with E-state index >= 15 is 0 Å². The fourth-order valence-corrected chi connectivity index (χ4v) is 2.51. The predicted molar refractivity (Wildman–Crippen MR) is 90.4 cm³/mol. The van der Waals surface area contributed by atoms with Crippen molar-refractivity contribution in [1.82, 2.24) is 15.1 Å². The maximum absolute atomic E-state index is 12.2. The van der Waals surface area contributed by atoms with Gasteiger partial charge in [0.05, 0.1) is 12.2 Å². The van der Waals surface area contributed by atoms with Gasteiger partial charge < -0.3 is 10.4 Å².